The van der Waals surface area contributed by atoms with Gasteiger partial charge >= 0.3 is 16.4 Å². The Kier molecular flexibility index (Phi) is 7.05. The Morgan fingerprint density at radius 3 is 2.74 bits per heavy atom. The minimum absolute atomic E-state index is 0.0713. The molecule has 38 heavy (non-hydrogen) atoms. The zero-order chi connectivity index (χ0) is 27.1. The Bertz CT molecular complexity index is 1460. The van der Waals surface area contributed by atoms with Gasteiger partial charge in [0.15, 0.2) is 5.82 Å². The second kappa shape index (κ2) is 10.2. The maximum absolute atomic E-state index is 13.3. The van der Waals surface area contributed by atoms with Crippen molar-refractivity contribution in [3.63, 3.8) is 0 Å². The highest BCUT2D eigenvalue weighted by Gasteiger charge is 2.36. The first-order chi connectivity index (χ1) is 18.1. The molecule has 202 valence electrons. The Hall–Kier alpha value is -3.22. The van der Waals surface area contributed by atoms with Crippen LogP contribution in [-0.2, 0) is 16.4 Å². The summed E-state index contributed by atoms with van der Waals surface area (Å²) < 4.78 is 79.6. The van der Waals surface area contributed by atoms with Crippen molar-refractivity contribution in [2.75, 3.05) is 36.4 Å². The van der Waals surface area contributed by atoms with Crippen LogP contribution in [0.5, 0.6) is 5.75 Å². The average molecular weight is 569 g/mol. The summed E-state index contributed by atoms with van der Waals surface area (Å²) >= 11 is 6.61. The van der Waals surface area contributed by atoms with Gasteiger partial charge in [-0.2, -0.15) is 25.9 Å². The highest BCUT2D eigenvalue weighted by Crippen LogP contribution is 2.44. The fourth-order valence-corrected chi connectivity index (χ4v) is 6.30. The number of nitrogens with zero attached hydrogens (tertiary/aromatic N) is 3. The summed E-state index contributed by atoms with van der Waals surface area (Å²) in [5, 5.41) is 3.88. The van der Waals surface area contributed by atoms with E-state index in [0.29, 0.717) is 29.1 Å². The van der Waals surface area contributed by atoms with Crippen LogP contribution >= 0.6 is 11.6 Å². The molecule has 1 aromatic heterocycles. The summed E-state index contributed by atoms with van der Waals surface area (Å²) in [6, 6.07) is 9.73. The zero-order valence-electron chi connectivity index (χ0n) is 20.2. The van der Waals surface area contributed by atoms with E-state index in [1.807, 2.05) is 11.0 Å². The first kappa shape index (κ1) is 26.4. The van der Waals surface area contributed by atoms with Gasteiger partial charge in [0, 0.05) is 42.9 Å². The molecule has 0 amide bonds. The zero-order valence-corrected chi connectivity index (χ0v) is 21.8. The van der Waals surface area contributed by atoms with Crippen molar-refractivity contribution in [3.05, 3.63) is 71.1 Å². The minimum Gasteiger partial charge on any atom is -0.495 e. The van der Waals surface area contributed by atoms with Gasteiger partial charge in [-0.25, -0.2) is 0 Å². The molecule has 0 spiro atoms. The highest BCUT2D eigenvalue weighted by atomic mass is 35.5. The molecule has 0 radical (unpaired) electrons. The first-order valence-corrected chi connectivity index (χ1v) is 13.6. The summed E-state index contributed by atoms with van der Waals surface area (Å²) in [6.45, 7) is 1.07. The maximum atomic E-state index is 13.3. The smallest absolute Gasteiger partial charge is 0.416 e. The predicted octanol–water partition coefficient (Wildman–Crippen LogP) is 5.80. The van der Waals surface area contributed by atoms with Gasteiger partial charge in [0.25, 0.3) is 0 Å². The molecule has 3 heterocycles. The number of anilines is 2. The lowest BCUT2D eigenvalue weighted by Gasteiger charge is -2.42. The van der Waals surface area contributed by atoms with E-state index >= 15 is 0 Å². The first-order valence-electron chi connectivity index (χ1n) is 11.8. The van der Waals surface area contributed by atoms with Crippen LogP contribution in [0.3, 0.4) is 0 Å². The van der Waals surface area contributed by atoms with Crippen molar-refractivity contribution >= 4 is 33.3 Å². The van der Waals surface area contributed by atoms with Gasteiger partial charge in [0.05, 0.1) is 23.4 Å². The number of aromatic nitrogens is 1. The molecule has 0 bridgehead atoms. The van der Waals surface area contributed by atoms with Crippen molar-refractivity contribution in [2.45, 2.75) is 19.0 Å². The second-order valence-corrected chi connectivity index (χ2v) is 11.1. The molecule has 1 N–H and O–H groups in total. The van der Waals surface area contributed by atoms with Crippen LogP contribution in [0.4, 0.5) is 24.7 Å². The van der Waals surface area contributed by atoms with E-state index in [1.54, 1.807) is 18.2 Å². The van der Waals surface area contributed by atoms with Gasteiger partial charge in [-0.15, -0.1) is 0 Å². The predicted molar refractivity (Wildman–Crippen MR) is 137 cm³/mol. The van der Waals surface area contributed by atoms with Crippen LogP contribution in [0.25, 0.3) is 11.1 Å². The topological polar surface area (TPSA) is 87.9 Å². The lowest BCUT2D eigenvalue weighted by atomic mass is 9.90. The average Bonchev–Trinajstić information content (AvgIpc) is 3.40. The van der Waals surface area contributed by atoms with Crippen LogP contribution in [-0.4, -0.2) is 44.6 Å². The number of nitrogens with one attached hydrogen (secondary N) is 1. The lowest BCUT2D eigenvalue weighted by molar-refractivity contribution is -0.137. The molecule has 5 rings (SSSR count). The minimum atomic E-state index is -4.48. The Labute approximate surface area is 222 Å². The van der Waals surface area contributed by atoms with E-state index in [0.717, 1.165) is 30.7 Å². The standard InChI is InChI=1S/C25H24ClF3N4O4S/c1-36-23-13-19(16-4-2-6-18(12-16)25(27,28)29)20(26)14-22(23)33-9-3-5-17-15-32(10-7-21(17)33)38(34,35)31-24-8-11-37-30-24/h2,4,6-8,11-14,17H,3,5,9-10,15H2,1H3,(H,30,31). The molecular weight excluding hydrogens is 545 g/mol. The summed E-state index contributed by atoms with van der Waals surface area (Å²) in [6.07, 6.45) is 0.249. The molecule has 1 atom stereocenters. The van der Waals surface area contributed by atoms with Crippen molar-refractivity contribution in [2.24, 2.45) is 5.92 Å². The fourth-order valence-electron chi connectivity index (χ4n) is 4.89. The molecule has 0 saturated carbocycles. The number of benzene rings is 2. The number of ether oxygens (including phenoxy) is 1. The largest absolute Gasteiger partial charge is 0.495 e. The van der Waals surface area contributed by atoms with E-state index in [1.165, 1.54) is 29.8 Å². The third-order valence-corrected chi connectivity index (χ3v) is 8.42. The van der Waals surface area contributed by atoms with E-state index in [9.17, 15) is 21.6 Å². The number of rotatable bonds is 6. The van der Waals surface area contributed by atoms with Crippen LogP contribution < -0.4 is 14.4 Å². The molecule has 2 aliphatic heterocycles. The summed E-state index contributed by atoms with van der Waals surface area (Å²) in [4.78, 5) is 2.05. The highest BCUT2D eigenvalue weighted by molar-refractivity contribution is 7.90. The summed E-state index contributed by atoms with van der Waals surface area (Å²) in [5.74, 6) is 0.481. The third kappa shape index (κ3) is 5.20. The van der Waals surface area contributed by atoms with Crippen molar-refractivity contribution in [1.82, 2.24) is 9.46 Å². The van der Waals surface area contributed by atoms with Crippen molar-refractivity contribution in [1.29, 1.82) is 0 Å². The van der Waals surface area contributed by atoms with E-state index in [4.69, 9.17) is 20.9 Å². The van der Waals surface area contributed by atoms with Gasteiger partial charge < -0.3 is 14.2 Å². The van der Waals surface area contributed by atoms with Crippen LogP contribution in [0.15, 0.2) is 65.0 Å². The van der Waals surface area contributed by atoms with Crippen LogP contribution in [0.1, 0.15) is 18.4 Å². The number of halogens is 4. The van der Waals surface area contributed by atoms with Crippen LogP contribution in [0.2, 0.25) is 5.02 Å². The van der Waals surface area contributed by atoms with Gasteiger partial charge in [0.2, 0.25) is 0 Å². The molecular formula is C25H24ClF3N4O4S. The summed E-state index contributed by atoms with van der Waals surface area (Å²) in [5.41, 5.74) is 1.59. The maximum Gasteiger partial charge on any atom is 0.416 e. The monoisotopic (exact) mass is 568 g/mol. The Balaban J connectivity index is 1.45. The number of hydrogen-bond donors (Lipinski definition) is 1. The molecule has 1 fully saturated rings. The van der Waals surface area contributed by atoms with Crippen molar-refractivity contribution in [3.8, 4) is 16.9 Å². The van der Waals surface area contributed by atoms with Gasteiger partial charge in [-0.05, 0) is 48.7 Å². The van der Waals surface area contributed by atoms with Gasteiger partial charge in [-0.3, -0.25) is 4.72 Å². The SMILES string of the molecule is COc1cc(-c2cccc(C(F)(F)F)c2)c(Cl)cc1N1CCCC2CN(S(=O)(=O)Nc3ccon3)CC=C21. The molecule has 3 aromatic rings. The van der Waals surface area contributed by atoms with Gasteiger partial charge in [-0.1, -0.05) is 28.9 Å². The number of fused-ring (bicyclic) bond motifs is 1. The fraction of sp³-hybridized carbons (Fsp3) is 0.320. The van der Waals surface area contributed by atoms with Crippen LogP contribution in [0, 0.1) is 5.92 Å². The van der Waals surface area contributed by atoms with Crippen molar-refractivity contribution < 1.29 is 30.8 Å². The van der Waals surface area contributed by atoms with Gasteiger partial charge in [0.1, 0.15) is 12.0 Å². The number of methoxy groups -OCH3 is 1. The molecule has 2 aliphatic rings. The third-order valence-electron chi connectivity index (χ3n) is 6.66. The number of piperidine rings is 1. The summed E-state index contributed by atoms with van der Waals surface area (Å²) in [7, 11) is -2.35. The molecule has 13 heteroatoms. The molecule has 2 aromatic carbocycles. The number of hydrogen-bond acceptors (Lipinski definition) is 6. The molecule has 8 nitrogen and oxygen atoms in total. The molecule has 0 aliphatic carbocycles. The quantitative estimate of drug-likeness (QED) is 0.405. The van der Waals surface area contributed by atoms with E-state index in [-0.39, 0.29) is 29.8 Å². The number of alkyl halides is 3. The van der Waals surface area contributed by atoms with E-state index < -0.39 is 21.9 Å². The normalized spacial score (nSPS) is 18.6. The molecule has 1 unspecified atom stereocenters. The molecule has 1 saturated heterocycles. The lowest BCUT2D eigenvalue weighted by Crippen LogP contribution is -2.47. The Morgan fingerprint density at radius 2 is 2.03 bits per heavy atom. The second-order valence-electron chi connectivity index (χ2n) is 9.01. The Morgan fingerprint density at radius 1 is 1.21 bits per heavy atom. The van der Waals surface area contributed by atoms with E-state index in [2.05, 4.69) is 9.88 Å².